The highest BCUT2D eigenvalue weighted by Crippen LogP contribution is 2.19. The molecule has 2 aromatic carbocycles. The van der Waals surface area contributed by atoms with E-state index in [0.717, 1.165) is 11.6 Å². The van der Waals surface area contributed by atoms with Gasteiger partial charge in [-0.25, -0.2) is 12.8 Å². The second-order valence-corrected chi connectivity index (χ2v) is 7.79. The number of halogens is 1. The Morgan fingerprint density at radius 2 is 1.69 bits per heavy atom. The molecule has 0 saturated carbocycles. The van der Waals surface area contributed by atoms with Gasteiger partial charge in [0.05, 0.1) is 17.1 Å². The van der Waals surface area contributed by atoms with Crippen molar-refractivity contribution in [3.8, 4) is 0 Å². The number of rotatable bonds is 7. The van der Waals surface area contributed by atoms with Crippen molar-refractivity contribution in [2.75, 3.05) is 6.54 Å². The van der Waals surface area contributed by atoms with E-state index in [1.54, 1.807) is 18.3 Å². The summed E-state index contributed by atoms with van der Waals surface area (Å²) < 4.78 is 41.0. The van der Waals surface area contributed by atoms with Crippen LogP contribution >= 0.6 is 0 Å². The quantitative estimate of drug-likeness (QED) is 0.638. The van der Waals surface area contributed by atoms with Gasteiger partial charge in [-0.15, -0.1) is 0 Å². The highest BCUT2D eigenvalue weighted by molar-refractivity contribution is 7.89. The van der Waals surface area contributed by atoms with E-state index in [2.05, 4.69) is 4.98 Å². The van der Waals surface area contributed by atoms with Crippen molar-refractivity contribution in [2.24, 2.45) is 0 Å². The van der Waals surface area contributed by atoms with Crippen molar-refractivity contribution >= 4 is 10.0 Å². The molecule has 3 aromatic rings. The fourth-order valence-corrected chi connectivity index (χ4v) is 4.08. The zero-order valence-electron chi connectivity index (χ0n) is 14.1. The minimum Gasteiger partial charge on any atom is -0.260 e. The van der Waals surface area contributed by atoms with Crippen LogP contribution in [0.4, 0.5) is 4.39 Å². The molecule has 134 valence electrons. The van der Waals surface area contributed by atoms with Gasteiger partial charge in [0, 0.05) is 12.7 Å². The molecule has 0 amide bonds. The summed E-state index contributed by atoms with van der Waals surface area (Å²) >= 11 is 0. The lowest BCUT2D eigenvalue weighted by Crippen LogP contribution is -2.33. The van der Waals surface area contributed by atoms with Crippen molar-refractivity contribution in [1.29, 1.82) is 0 Å². The van der Waals surface area contributed by atoms with Gasteiger partial charge >= 0.3 is 0 Å². The lowest BCUT2D eigenvalue weighted by Gasteiger charge is -2.22. The largest absolute Gasteiger partial charge is 0.260 e. The molecule has 0 radical (unpaired) electrons. The maximum Gasteiger partial charge on any atom is 0.243 e. The summed E-state index contributed by atoms with van der Waals surface area (Å²) in [6.45, 7) is 0.409. The van der Waals surface area contributed by atoms with E-state index < -0.39 is 15.8 Å². The molecule has 0 fully saturated rings. The lowest BCUT2D eigenvalue weighted by atomic mass is 10.1. The van der Waals surface area contributed by atoms with Gasteiger partial charge in [0.25, 0.3) is 0 Å². The first-order valence-corrected chi connectivity index (χ1v) is 9.69. The molecule has 0 aliphatic rings. The Hall–Kier alpha value is -2.57. The Bertz CT molecular complexity index is 948. The third kappa shape index (κ3) is 4.53. The van der Waals surface area contributed by atoms with E-state index in [1.807, 2.05) is 36.4 Å². The van der Waals surface area contributed by atoms with Crippen LogP contribution in [0.25, 0.3) is 0 Å². The first kappa shape index (κ1) is 18.2. The van der Waals surface area contributed by atoms with Crippen molar-refractivity contribution in [1.82, 2.24) is 9.29 Å². The van der Waals surface area contributed by atoms with E-state index in [-0.39, 0.29) is 18.0 Å². The van der Waals surface area contributed by atoms with Crippen molar-refractivity contribution in [3.63, 3.8) is 0 Å². The Morgan fingerprint density at radius 3 is 2.38 bits per heavy atom. The molecular weight excluding hydrogens is 351 g/mol. The van der Waals surface area contributed by atoms with Gasteiger partial charge in [0.1, 0.15) is 5.82 Å². The number of sulfonamides is 1. The molecule has 3 rings (SSSR count). The molecule has 26 heavy (non-hydrogen) atoms. The summed E-state index contributed by atoms with van der Waals surface area (Å²) in [6.07, 6.45) is 2.18. The number of nitrogens with zero attached hydrogens (tertiary/aromatic N) is 2. The van der Waals surface area contributed by atoms with Crippen LogP contribution < -0.4 is 0 Å². The third-order valence-electron chi connectivity index (χ3n) is 3.99. The van der Waals surface area contributed by atoms with Crippen LogP contribution in [-0.2, 0) is 23.0 Å². The predicted octanol–water partition coefficient (Wildman–Crippen LogP) is 3.65. The average Bonchev–Trinajstić information content (AvgIpc) is 2.66. The molecule has 0 unspecified atom stereocenters. The molecule has 0 aliphatic carbocycles. The zero-order valence-corrected chi connectivity index (χ0v) is 14.9. The van der Waals surface area contributed by atoms with Gasteiger partial charge < -0.3 is 0 Å². The molecule has 0 atom stereocenters. The SMILES string of the molecule is O=S(=O)(c1cccc(F)c1)N(CCc1ccccc1)Cc1ccccn1. The first-order valence-electron chi connectivity index (χ1n) is 8.25. The second kappa shape index (κ2) is 8.21. The molecule has 0 N–H and O–H groups in total. The van der Waals surface area contributed by atoms with E-state index in [1.165, 1.54) is 22.5 Å². The van der Waals surface area contributed by atoms with Gasteiger partial charge in [-0.1, -0.05) is 42.5 Å². The van der Waals surface area contributed by atoms with E-state index in [9.17, 15) is 12.8 Å². The van der Waals surface area contributed by atoms with Crippen molar-refractivity contribution in [3.05, 3.63) is 96.1 Å². The number of hydrogen-bond donors (Lipinski definition) is 0. The fraction of sp³-hybridized carbons (Fsp3) is 0.150. The highest BCUT2D eigenvalue weighted by Gasteiger charge is 2.25. The van der Waals surface area contributed by atoms with Crippen LogP contribution in [0.15, 0.2) is 83.9 Å². The zero-order chi connectivity index (χ0) is 18.4. The Labute approximate surface area is 153 Å². The standard InChI is InChI=1S/C20H19FN2O2S/c21-18-9-6-11-20(15-18)26(24,25)23(16-19-10-4-5-13-22-19)14-12-17-7-2-1-3-8-17/h1-11,13,15H,12,14,16H2. The maximum absolute atomic E-state index is 13.5. The summed E-state index contributed by atoms with van der Waals surface area (Å²) in [7, 11) is -3.84. The van der Waals surface area contributed by atoms with Crippen LogP contribution in [0, 0.1) is 5.82 Å². The minimum atomic E-state index is -3.84. The monoisotopic (exact) mass is 370 g/mol. The average molecular weight is 370 g/mol. The maximum atomic E-state index is 13.5. The molecule has 0 aliphatic heterocycles. The van der Waals surface area contributed by atoms with Crippen LogP contribution in [0.1, 0.15) is 11.3 Å². The van der Waals surface area contributed by atoms with Crippen molar-refractivity contribution < 1.29 is 12.8 Å². The van der Waals surface area contributed by atoms with Gasteiger partial charge in [-0.2, -0.15) is 4.31 Å². The second-order valence-electron chi connectivity index (χ2n) is 5.85. The number of aromatic nitrogens is 1. The molecule has 4 nitrogen and oxygen atoms in total. The number of pyridine rings is 1. The summed E-state index contributed by atoms with van der Waals surface area (Å²) in [4.78, 5) is 4.16. The molecule has 0 spiro atoms. The first-order chi connectivity index (χ1) is 12.6. The summed E-state index contributed by atoms with van der Waals surface area (Å²) in [5.41, 5.74) is 1.67. The van der Waals surface area contributed by atoms with E-state index in [0.29, 0.717) is 12.1 Å². The Morgan fingerprint density at radius 1 is 0.923 bits per heavy atom. The van der Waals surface area contributed by atoms with Crippen LogP contribution in [0.5, 0.6) is 0 Å². The number of benzene rings is 2. The lowest BCUT2D eigenvalue weighted by molar-refractivity contribution is 0.405. The summed E-state index contributed by atoms with van der Waals surface area (Å²) in [5.74, 6) is -0.577. The molecule has 1 aromatic heterocycles. The van der Waals surface area contributed by atoms with Crippen LogP contribution in [0.2, 0.25) is 0 Å². The van der Waals surface area contributed by atoms with Crippen LogP contribution in [0.3, 0.4) is 0 Å². The normalized spacial score (nSPS) is 11.6. The fourth-order valence-electron chi connectivity index (χ4n) is 2.63. The van der Waals surface area contributed by atoms with E-state index in [4.69, 9.17) is 0 Å². The summed E-state index contributed by atoms with van der Waals surface area (Å²) in [5, 5.41) is 0. The predicted molar refractivity (Wildman–Crippen MR) is 98.4 cm³/mol. The molecule has 0 bridgehead atoms. The molecule has 6 heteroatoms. The Balaban J connectivity index is 1.88. The van der Waals surface area contributed by atoms with Gasteiger partial charge in [-0.05, 0) is 42.3 Å². The van der Waals surface area contributed by atoms with Gasteiger partial charge in [0.2, 0.25) is 10.0 Å². The molecule has 0 saturated heterocycles. The third-order valence-corrected chi connectivity index (χ3v) is 5.83. The Kier molecular flexibility index (Phi) is 5.75. The van der Waals surface area contributed by atoms with Crippen molar-refractivity contribution in [2.45, 2.75) is 17.9 Å². The summed E-state index contributed by atoms with van der Waals surface area (Å²) in [6, 6.07) is 20.1. The molecule has 1 heterocycles. The number of hydrogen-bond acceptors (Lipinski definition) is 3. The van der Waals surface area contributed by atoms with Crippen LogP contribution in [-0.4, -0.2) is 24.3 Å². The highest BCUT2D eigenvalue weighted by atomic mass is 32.2. The smallest absolute Gasteiger partial charge is 0.243 e. The minimum absolute atomic E-state index is 0.0542. The molecular formula is C20H19FN2O2S. The van der Waals surface area contributed by atoms with Gasteiger partial charge in [-0.3, -0.25) is 4.98 Å². The topological polar surface area (TPSA) is 50.3 Å². The van der Waals surface area contributed by atoms with E-state index >= 15 is 0 Å². The van der Waals surface area contributed by atoms with Gasteiger partial charge in [0.15, 0.2) is 0 Å².